The van der Waals surface area contributed by atoms with Gasteiger partial charge in [0.05, 0.1) is 0 Å². The van der Waals surface area contributed by atoms with Gasteiger partial charge in [-0.25, -0.2) is 0 Å². The van der Waals surface area contributed by atoms with Crippen LogP contribution in [0.5, 0.6) is 0 Å². The quantitative estimate of drug-likeness (QED) is 0.802. The Kier molecular flexibility index (Phi) is 5.80. The molecule has 0 aliphatic heterocycles. The summed E-state index contributed by atoms with van der Waals surface area (Å²) in [4.78, 5) is 3.95. The molecule has 21 heavy (non-hydrogen) atoms. The molecule has 0 saturated carbocycles. The van der Waals surface area contributed by atoms with Crippen molar-refractivity contribution in [1.29, 1.82) is 0 Å². The van der Waals surface area contributed by atoms with Gasteiger partial charge < -0.3 is 5.32 Å². The van der Waals surface area contributed by atoms with Crippen LogP contribution in [0.1, 0.15) is 44.6 Å². The van der Waals surface area contributed by atoms with Crippen molar-refractivity contribution >= 4 is 21.4 Å². The minimum Gasteiger partial charge on any atom is -0.310 e. The van der Waals surface area contributed by atoms with Gasteiger partial charge in [-0.1, -0.05) is 39.0 Å². The van der Waals surface area contributed by atoms with E-state index in [0.29, 0.717) is 12.1 Å². The monoisotopic (exact) mass is 304 g/mol. The fourth-order valence-corrected chi connectivity index (χ4v) is 3.65. The zero-order chi connectivity index (χ0) is 15.4. The Bertz CT molecular complexity index is 574. The van der Waals surface area contributed by atoms with E-state index >= 15 is 0 Å². The lowest BCUT2D eigenvalue weighted by Gasteiger charge is -2.24. The molecule has 1 unspecified atom stereocenters. The van der Waals surface area contributed by atoms with Crippen LogP contribution in [-0.4, -0.2) is 24.0 Å². The first-order chi connectivity index (χ1) is 10.0. The molecule has 0 bridgehead atoms. The van der Waals surface area contributed by atoms with Crippen LogP contribution >= 0.6 is 11.3 Å². The Morgan fingerprint density at radius 2 is 1.90 bits per heavy atom. The van der Waals surface area contributed by atoms with E-state index in [0.717, 1.165) is 13.1 Å². The fraction of sp³-hybridized carbons (Fsp3) is 0.556. The van der Waals surface area contributed by atoms with Gasteiger partial charge in [0.2, 0.25) is 0 Å². The second kappa shape index (κ2) is 7.39. The van der Waals surface area contributed by atoms with E-state index in [1.54, 1.807) is 0 Å². The van der Waals surface area contributed by atoms with Gasteiger partial charge in [0.25, 0.3) is 0 Å². The van der Waals surface area contributed by atoms with Gasteiger partial charge in [0.15, 0.2) is 0 Å². The Morgan fingerprint density at radius 1 is 1.19 bits per heavy atom. The smallest absolute Gasteiger partial charge is 0.0349 e. The number of hydrogen-bond acceptors (Lipinski definition) is 3. The van der Waals surface area contributed by atoms with Crippen LogP contribution in [0.3, 0.4) is 0 Å². The lowest BCUT2D eigenvalue weighted by Crippen LogP contribution is -2.28. The van der Waals surface area contributed by atoms with Crippen molar-refractivity contribution in [2.45, 2.75) is 59.3 Å². The van der Waals surface area contributed by atoms with Crippen molar-refractivity contribution in [3.8, 4) is 0 Å². The number of nitrogens with zero attached hydrogens (tertiary/aromatic N) is 1. The predicted molar refractivity (Wildman–Crippen MR) is 95.0 cm³/mol. The van der Waals surface area contributed by atoms with Crippen molar-refractivity contribution in [3.63, 3.8) is 0 Å². The van der Waals surface area contributed by atoms with Crippen LogP contribution in [0.15, 0.2) is 24.3 Å². The number of thiophene rings is 1. The number of hydrogen-bond donors (Lipinski definition) is 1. The molecule has 0 radical (unpaired) electrons. The topological polar surface area (TPSA) is 15.3 Å². The second-order valence-electron chi connectivity index (χ2n) is 6.21. The SMILES string of the molecule is CCC(C)N(C)Cc1c(CNC(C)C)sc2ccccc12. The van der Waals surface area contributed by atoms with Crippen LogP contribution in [0.2, 0.25) is 0 Å². The summed E-state index contributed by atoms with van der Waals surface area (Å²) < 4.78 is 1.41. The van der Waals surface area contributed by atoms with Gasteiger partial charge in [0.1, 0.15) is 0 Å². The molecule has 116 valence electrons. The highest BCUT2D eigenvalue weighted by Crippen LogP contribution is 2.32. The summed E-state index contributed by atoms with van der Waals surface area (Å²) in [7, 11) is 2.24. The zero-order valence-electron chi connectivity index (χ0n) is 13.9. The Balaban J connectivity index is 2.31. The summed E-state index contributed by atoms with van der Waals surface area (Å²) in [5, 5.41) is 5.00. The van der Waals surface area contributed by atoms with E-state index in [9.17, 15) is 0 Å². The number of fused-ring (bicyclic) bond motifs is 1. The molecule has 1 aromatic carbocycles. The maximum Gasteiger partial charge on any atom is 0.0349 e. The molecule has 3 heteroatoms. The summed E-state index contributed by atoms with van der Waals surface area (Å²) in [5.74, 6) is 0. The van der Waals surface area contributed by atoms with E-state index in [1.807, 2.05) is 11.3 Å². The largest absolute Gasteiger partial charge is 0.310 e. The van der Waals surface area contributed by atoms with Gasteiger partial charge in [-0.2, -0.15) is 0 Å². The van der Waals surface area contributed by atoms with Crippen molar-refractivity contribution in [2.24, 2.45) is 0 Å². The normalized spacial score (nSPS) is 13.5. The first-order valence-corrected chi connectivity index (χ1v) is 8.77. The lowest BCUT2D eigenvalue weighted by molar-refractivity contribution is 0.244. The third kappa shape index (κ3) is 4.06. The fourth-order valence-electron chi connectivity index (χ4n) is 2.48. The van der Waals surface area contributed by atoms with E-state index in [2.05, 4.69) is 69.2 Å². The van der Waals surface area contributed by atoms with E-state index < -0.39 is 0 Å². The molecule has 1 heterocycles. The summed E-state index contributed by atoms with van der Waals surface area (Å²) >= 11 is 1.94. The predicted octanol–water partition coefficient (Wildman–Crippen LogP) is 4.63. The standard InChI is InChI=1S/C18H28N2S/c1-6-14(4)20(5)12-16-15-9-7-8-10-17(15)21-18(16)11-19-13(2)3/h7-10,13-14,19H,6,11-12H2,1-5H3. The highest BCUT2D eigenvalue weighted by molar-refractivity contribution is 7.19. The second-order valence-corrected chi connectivity index (χ2v) is 7.34. The molecular formula is C18H28N2S. The highest BCUT2D eigenvalue weighted by atomic mass is 32.1. The van der Waals surface area contributed by atoms with Gasteiger partial charge in [-0.15, -0.1) is 11.3 Å². The number of rotatable bonds is 7. The van der Waals surface area contributed by atoms with Gasteiger partial charge >= 0.3 is 0 Å². The van der Waals surface area contributed by atoms with Gasteiger partial charge in [0, 0.05) is 34.8 Å². The molecule has 0 saturated heterocycles. The molecule has 1 N–H and O–H groups in total. The highest BCUT2D eigenvalue weighted by Gasteiger charge is 2.15. The van der Waals surface area contributed by atoms with Crippen molar-refractivity contribution in [2.75, 3.05) is 7.05 Å². The maximum absolute atomic E-state index is 3.57. The van der Waals surface area contributed by atoms with Crippen molar-refractivity contribution < 1.29 is 0 Å². The van der Waals surface area contributed by atoms with Crippen LogP contribution in [0.4, 0.5) is 0 Å². The summed E-state index contributed by atoms with van der Waals surface area (Å²) in [6.45, 7) is 11.0. The first kappa shape index (κ1) is 16.5. The Labute approximate surface area is 133 Å². The summed E-state index contributed by atoms with van der Waals surface area (Å²) in [6, 6.07) is 9.95. The van der Waals surface area contributed by atoms with Crippen LogP contribution in [-0.2, 0) is 13.1 Å². The minimum absolute atomic E-state index is 0.523. The van der Waals surface area contributed by atoms with E-state index in [4.69, 9.17) is 0 Å². The molecule has 1 aromatic heterocycles. The zero-order valence-corrected chi connectivity index (χ0v) is 14.8. The minimum atomic E-state index is 0.523. The number of benzene rings is 1. The molecule has 2 nitrogen and oxygen atoms in total. The molecule has 2 aromatic rings. The van der Waals surface area contributed by atoms with Gasteiger partial charge in [-0.05, 0) is 37.4 Å². The van der Waals surface area contributed by atoms with E-state index in [-0.39, 0.29) is 0 Å². The average molecular weight is 305 g/mol. The van der Waals surface area contributed by atoms with Crippen LogP contribution < -0.4 is 5.32 Å². The third-order valence-corrected chi connectivity index (χ3v) is 5.42. The van der Waals surface area contributed by atoms with Gasteiger partial charge in [-0.3, -0.25) is 4.90 Å². The molecule has 1 atom stereocenters. The molecule has 0 fully saturated rings. The maximum atomic E-state index is 3.57. The summed E-state index contributed by atoms with van der Waals surface area (Å²) in [5.41, 5.74) is 1.51. The average Bonchev–Trinajstić information content (AvgIpc) is 2.82. The number of nitrogens with one attached hydrogen (secondary N) is 1. The van der Waals surface area contributed by atoms with Crippen LogP contribution in [0.25, 0.3) is 10.1 Å². The van der Waals surface area contributed by atoms with Crippen molar-refractivity contribution in [1.82, 2.24) is 10.2 Å². The first-order valence-electron chi connectivity index (χ1n) is 7.95. The summed E-state index contributed by atoms with van der Waals surface area (Å²) in [6.07, 6.45) is 1.19. The van der Waals surface area contributed by atoms with Crippen LogP contribution in [0, 0.1) is 0 Å². The van der Waals surface area contributed by atoms with E-state index in [1.165, 1.54) is 26.9 Å². The molecular weight excluding hydrogens is 276 g/mol. The lowest BCUT2D eigenvalue weighted by atomic mass is 10.1. The molecule has 0 spiro atoms. The third-order valence-electron chi connectivity index (χ3n) is 4.20. The Morgan fingerprint density at radius 3 is 2.57 bits per heavy atom. The molecule has 0 aliphatic carbocycles. The van der Waals surface area contributed by atoms with Crippen molar-refractivity contribution in [3.05, 3.63) is 34.7 Å². The molecule has 2 rings (SSSR count). The molecule has 0 amide bonds. The molecule has 0 aliphatic rings. The Hall–Kier alpha value is -0.900.